The molecule has 0 aromatic heterocycles. The number of methoxy groups -OCH3 is 1. The molecule has 0 saturated heterocycles. The zero-order valence-corrected chi connectivity index (χ0v) is 7.45. The van der Waals surface area contributed by atoms with E-state index in [1.54, 1.807) is 0 Å². The van der Waals surface area contributed by atoms with Crippen molar-refractivity contribution in [2.45, 2.75) is 25.3 Å². The number of carbonyl (C=O) groups excluding carboxylic acids is 1. The van der Waals surface area contributed by atoms with E-state index in [0.717, 1.165) is 6.54 Å². The number of esters is 1. The van der Waals surface area contributed by atoms with Crippen LogP contribution in [0, 0.1) is 0 Å². The van der Waals surface area contributed by atoms with Gasteiger partial charge < -0.3 is 10.1 Å². The lowest BCUT2D eigenvalue weighted by atomic mass is 10.4. The second-order valence-electron chi connectivity index (χ2n) is 2.55. The van der Waals surface area contributed by atoms with E-state index in [0.29, 0.717) is 12.5 Å². The predicted octanol–water partition coefficient (Wildman–Crippen LogP) is 0.723. The molecule has 0 heterocycles. The van der Waals surface area contributed by atoms with Gasteiger partial charge in [-0.2, -0.15) is 0 Å². The highest BCUT2D eigenvalue weighted by Gasteiger charge is 2.19. The van der Waals surface area contributed by atoms with Gasteiger partial charge in [-0.3, -0.25) is 4.79 Å². The molecule has 0 aromatic rings. The Morgan fingerprint density at radius 3 is 2.73 bits per heavy atom. The highest BCUT2D eigenvalue weighted by Crippen LogP contribution is 2.18. The van der Waals surface area contributed by atoms with E-state index in [9.17, 15) is 4.79 Å². The maximum absolute atomic E-state index is 10.6. The van der Waals surface area contributed by atoms with Crippen molar-refractivity contribution in [3.63, 3.8) is 0 Å². The summed E-state index contributed by atoms with van der Waals surface area (Å²) in [6.07, 6.45) is 3.02. The monoisotopic (exact) mass is 179 g/mol. The topological polar surface area (TPSA) is 38.3 Å². The molecule has 1 rings (SSSR count). The lowest BCUT2D eigenvalue weighted by molar-refractivity contribution is -0.140. The van der Waals surface area contributed by atoms with Gasteiger partial charge in [0.2, 0.25) is 0 Å². The van der Waals surface area contributed by atoms with E-state index in [2.05, 4.69) is 10.1 Å². The van der Waals surface area contributed by atoms with Crippen molar-refractivity contribution in [2.75, 3.05) is 13.7 Å². The minimum atomic E-state index is -0.131. The summed E-state index contributed by atoms with van der Waals surface area (Å²) in [7, 11) is 1.42. The third-order valence-electron chi connectivity index (χ3n) is 1.57. The van der Waals surface area contributed by atoms with Gasteiger partial charge in [-0.25, -0.2) is 0 Å². The Bertz CT molecular complexity index is 126. The first-order chi connectivity index (χ1) is 4.83. The fourth-order valence-electron chi connectivity index (χ4n) is 0.768. The average molecular weight is 180 g/mol. The SMILES string of the molecule is COC(=O)CCNC1CC1.Cl. The van der Waals surface area contributed by atoms with Gasteiger partial charge in [-0.15, -0.1) is 12.4 Å². The smallest absolute Gasteiger partial charge is 0.306 e. The summed E-state index contributed by atoms with van der Waals surface area (Å²) in [6, 6.07) is 0.685. The molecule has 0 unspecified atom stereocenters. The van der Waals surface area contributed by atoms with Crippen molar-refractivity contribution >= 4 is 18.4 Å². The van der Waals surface area contributed by atoms with Crippen LogP contribution in [-0.2, 0) is 9.53 Å². The maximum atomic E-state index is 10.6. The van der Waals surface area contributed by atoms with Crippen LogP contribution in [0.4, 0.5) is 0 Å². The minimum Gasteiger partial charge on any atom is -0.469 e. The lowest BCUT2D eigenvalue weighted by Gasteiger charge is -1.99. The number of nitrogens with one attached hydrogen (secondary N) is 1. The Labute approximate surface area is 72.9 Å². The molecule has 0 radical (unpaired) electrons. The van der Waals surface area contributed by atoms with Crippen LogP contribution in [0.5, 0.6) is 0 Å². The van der Waals surface area contributed by atoms with Crippen LogP contribution in [0.2, 0.25) is 0 Å². The zero-order chi connectivity index (χ0) is 7.40. The lowest BCUT2D eigenvalue weighted by Crippen LogP contribution is -2.20. The molecule has 3 nitrogen and oxygen atoms in total. The predicted molar refractivity (Wildman–Crippen MR) is 44.9 cm³/mol. The van der Waals surface area contributed by atoms with Gasteiger partial charge in [0.15, 0.2) is 0 Å². The van der Waals surface area contributed by atoms with Crippen molar-refractivity contribution in [3.8, 4) is 0 Å². The molecule has 11 heavy (non-hydrogen) atoms. The average Bonchev–Trinajstić information content (AvgIpc) is 2.71. The highest BCUT2D eigenvalue weighted by atomic mass is 35.5. The van der Waals surface area contributed by atoms with Crippen molar-refractivity contribution in [1.82, 2.24) is 5.32 Å². The van der Waals surface area contributed by atoms with E-state index >= 15 is 0 Å². The molecule has 0 atom stereocenters. The summed E-state index contributed by atoms with van der Waals surface area (Å²) in [5, 5.41) is 3.22. The van der Waals surface area contributed by atoms with Gasteiger partial charge in [0.25, 0.3) is 0 Å². The fourth-order valence-corrected chi connectivity index (χ4v) is 0.768. The molecule has 1 fully saturated rings. The van der Waals surface area contributed by atoms with E-state index in [1.165, 1.54) is 20.0 Å². The van der Waals surface area contributed by atoms with Gasteiger partial charge in [-0.1, -0.05) is 0 Å². The van der Waals surface area contributed by atoms with Crippen LogP contribution < -0.4 is 5.32 Å². The number of halogens is 1. The molecule has 0 spiro atoms. The molecule has 66 valence electrons. The number of hydrogen-bond donors (Lipinski definition) is 1. The van der Waals surface area contributed by atoms with Crippen molar-refractivity contribution < 1.29 is 9.53 Å². The number of rotatable bonds is 4. The third kappa shape index (κ3) is 5.04. The standard InChI is InChI=1S/C7H13NO2.ClH/c1-10-7(9)4-5-8-6-2-3-6;/h6,8H,2-5H2,1H3;1H. The van der Waals surface area contributed by atoms with Gasteiger partial charge >= 0.3 is 5.97 Å². The van der Waals surface area contributed by atoms with Crippen LogP contribution in [0.3, 0.4) is 0 Å². The van der Waals surface area contributed by atoms with Crippen molar-refractivity contribution in [1.29, 1.82) is 0 Å². The zero-order valence-electron chi connectivity index (χ0n) is 6.63. The summed E-state index contributed by atoms with van der Waals surface area (Å²) in [4.78, 5) is 10.6. The summed E-state index contributed by atoms with van der Waals surface area (Å²) in [6.45, 7) is 0.761. The normalized spacial score (nSPS) is 15.4. The van der Waals surface area contributed by atoms with E-state index in [-0.39, 0.29) is 18.4 Å². The number of hydrogen-bond acceptors (Lipinski definition) is 3. The summed E-state index contributed by atoms with van der Waals surface area (Å²) >= 11 is 0. The highest BCUT2D eigenvalue weighted by molar-refractivity contribution is 5.85. The van der Waals surface area contributed by atoms with Crippen LogP contribution in [-0.4, -0.2) is 25.7 Å². The first kappa shape index (κ1) is 10.7. The molecular weight excluding hydrogens is 166 g/mol. The van der Waals surface area contributed by atoms with E-state index in [4.69, 9.17) is 0 Å². The van der Waals surface area contributed by atoms with Crippen LogP contribution in [0.1, 0.15) is 19.3 Å². The maximum Gasteiger partial charge on any atom is 0.306 e. The first-order valence-electron chi connectivity index (χ1n) is 3.63. The number of ether oxygens (including phenoxy) is 1. The molecule has 0 bridgehead atoms. The largest absolute Gasteiger partial charge is 0.469 e. The molecule has 1 saturated carbocycles. The third-order valence-corrected chi connectivity index (χ3v) is 1.57. The van der Waals surface area contributed by atoms with Crippen LogP contribution >= 0.6 is 12.4 Å². The molecule has 0 amide bonds. The molecule has 0 aliphatic heterocycles. The molecule has 1 N–H and O–H groups in total. The molecular formula is C7H14ClNO2. The fraction of sp³-hybridized carbons (Fsp3) is 0.857. The Kier molecular flexibility index (Phi) is 5.24. The molecule has 1 aliphatic carbocycles. The first-order valence-corrected chi connectivity index (χ1v) is 3.63. The van der Waals surface area contributed by atoms with E-state index < -0.39 is 0 Å². The summed E-state index contributed by atoms with van der Waals surface area (Å²) in [5.74, 6) is -0.131. The van der Waals surface area contributed by atoms with Gasteiger partial charge in [-0.05, 0) is 12.8 Å². The minimum absolute atomic E-state index is 0. The Morgan fingerprint density at radius 1 is 1.64 bits per heavy atom. The molecule has 0 aromatic carbocycles. The quantitative estimate of drug-likeness (QED) is 0.647. The van der Waals surface area contributed by atoms with Crippen LogP contribution in [0.15, 0.2) is 0 Å². The van der Waals surface area contributed by atoms with Crippen molar-refractivity contribution in [3.05, 3.63) is 0 Å². The summed E-state index contributed by atoms with van der Waals surface area (Å²) < 4.78 is 4.47. The number of carbonyl (C=O) groups is 1. The van der Waals surface area contributed by atoms with Gasteiger partial charge in [0.05, 0.1) is 13.5 Å². The van der Waals surface area contributed by atoms with Crippen molar-refractivity contribution in [2.24, 2.45) is 0 Å². The van der Waals surface area contributed by atoms with Gasteiger partial charge in [0, 0.05) is 12.6 Å². The van der Waals surface area contributed by atoms with Gasteiger partial charge in [0.1, 0.15) is 0 Å². The second-order valence-corrected chi connectivity index (χ2v) is 2.55. The molecule has 4 heteroatoms. The summed E-state index contributed by atoms with van der Waals surface area (Å²) in [5.41, 5.74) is 0. The van der Waals surface area contributed by atoms with Crippen LogP contribution in [0.25, 0.3) is 0 Å². The van der Waals surface area contributed by atoms with E-state index in [1.807, 2.05) is 0 Å². The molecule has 1 aliphatic rings. The Hall–Kier alpha value is -0.280. The Morgan fingerprint density at radius 2 is 2.27 bits per heavy atom. The second kappa shape index (κ2) is 5.38. The Balaban J connectivity index is 0.000001000.